The van der Waals surface area contributed by atoms with Crippen LogP contribution in [0, 0.1) is 6.92 Å². The molecule has 0 aromatic carbocycles. The van der Waals surface area contributed by atoms with Crippen LogP contribution in [0.25, 0.3) is 0 Å². The van der Waals surface area contributed by atoms with E-state index >= 15 is 0 Å². The zero-order chi connectivity index (χ0) is 13.1. The molecular formula is C10H9N3O4S. The van der Waals surface area contributed by atoms with Gasteiger partial charge in [0.1, 0.15) is 10.6 Å². The average Bonchev–Trinajstić information content (AvgIpc) is 2.94. The van der Waals surface area contributed by atoms with E-state index in [9.17, 15) is 9.59 Å². The maximum Gasteiger partial charge on any atom is 0.371 e. The third kappa shape index (κ3) is 2.54. The van der Waals surface area contributed by atoms with Crippen LogP contribution in [0.5, 0.6) is 0 Å². The normalized spacial score (nSPS) is 10.3. The Kier molecular flexibility index (Phi) is 3.38. The lowest BCUT2D eigenvalue weighted by Crippen LogP contribution is -2.22. The molecule has 0 aliphatic rings. The van der Waals surface area contributed by atoms with Gasteiger partial charge in [0.2, 0.25) is 5.76 Å². The molecule has 8 heteroatoms. The van der Waals surface area contributed by atoms with Crippen LogP contribution in [-0.4, -0.2) is 26.6 Å². The summed E-state index contributed by atoms with van der Waals surface area (Å²) in [5, 5.41) is 15.0. The lowest BCUT2D eigenvalue weighted by molar-refractivity contribution is 0.0660. The second kappa shape index (κ2) is 4.96. The molecule has 0 aliphatic carbocycles. The monoisotopic (exact) mass is 267 g/mol. The van der Waals surface area contributed by atoms with E-state index < -0.39 is 5.97 Å². The van der Waals surface area contributed by atoms with E-state index in [1.807, 2.05) is 0 Å². The topological polar surface area (TPSA) is 105 Å². The molecule has 0 saturated carbocycles. The summed E-state index contributed by atoms with van der Waals surface area (Å²) in [5.74, 6) is -1.24. The molecule has 2 aromatic heterocycles. The fourth-order valence-corrected chi connectivity index (χ4v) is 1.85. The van der Waals surface area contributed by atoms with Crippen molar-refractivity contribution in [2.45, 2.75) is 13.5 Å². The van der Waals surface area contributed by atoms with Crippen molar-refractivity contribution in [3.8, 4) is 0 Å². The number of carbonyl (C=O) groups is 2. The second-order valence-electron chi connectivity index (χ2n) is 3.44. The average molecular weight is 267 g/mol. The number of aromatic carboxylic acids is 1. The minimum atomic E-state index is -1.14. The smallest absolute Gasteiger partial charge is 0.371 e. The van der Waals surface area contributed by atoms with E-state index in [1.165, 1.54) is 12.1 Å². The van der Waals surface area contributed by atoms with Crippen molar-refractivity contribution >= 4 is 23.4 Å². The number of furan rings is 1. The molecule has 1 amide bonds. The Morgan fingerprint density at radius 2 is 2.28 bits per heavy atom. The van der Waals surface area contributed by atoms with E-state index in [2.05, 4.69) is 14.9 Å². The van der Waals surface area contributed by atoms with Gasteiger partial charge in [0, 0.05) is 0 Å². The predicted molar refractivity (Wildman–Crippen MR) is 61.5 cm³/mol. The molecule has 2 N–H and O–H groups in total. The number of hydrogen-bond donors (Lipinski definition) is 2. The largest absolute Gasteiger partial charge is 0.475 e. The quantitative estimate of drug-likeness (QED) is 0.858. The predicted octanol–water partition coefficient (Wildman–Crippen LogP) is 1.07. The molecule has 0 aliphatic heterocycles. The van der Waals surface area contributed by atoms with Crippen molar-refractivity contribution in [2.75, 3.05) is 0 Å². The number of nitrogens with one attached hydrogen (secondary N) is 1. The van der Waals surface area contributed by atoms with Crippen LogP contribution in [0.15, 0.2) is 16.5 Å². The number of rotatable bonds is 4. The van der Waals surface area contributed by atoms with Gasteiger partial charge in [-0.1, -0.05) is 4.49 Å². The first-order valence-corrected chi connectivity index (χ1v) is 5.74. The summed E-state index contributed by atoms with van der Waals surface area (Å²) < 4.78 is 8.66. The highest BCUT2D eigenvalue weighted by atomic mass is 32.1. The number of nitrogens with zero attached hydrogens (tertiary/aromatic N) is 2. The lowest BCUT2D eigenvalue weighted by atomic mass is 10.3. The van der Waals surface area contributed by atoms with Crippen molar-refractivity contribution in [1.82, 2.24) is 14.9 Å². The van der Waals surface area contributed by atoms with E-state index in [4.69, 9.17) is 9.52 Å². The second-order valence-corrected chi connectivity index (χ2v) is 4.20. The summed E-state index contributed by atoms with van der Waals surface area (Å²) in [6.45, 7) is 1.80. The summed E-state index contributed by atoms with van der Waals surface area (Å²) in [6.07, 6.45) is 0. The highest BCUT2D eigenvalue weighted by Gasteiger charge is 2.14. The van der Waals surface area contributed by atoms with Gasteiger partial charge < -0.3 is 14.8 Å². The van der Waals surface area contributed by atoms with Gasteiger partial charge in [-0.15, -0.1) is 5.10 Å². The van der Waals surface area contributed by atoms with E-state index in [0.717, 1.165) is 11.5 Å². The number of carbonyl (C=O) groups excluding carboxylic acids is 1. The standard InChI is InChI=1S/C10H9N3O4S/c1-5-8(18-13-12-5)9(14)11-4-6-2-3-7(17-6)10(15)16/h2-3H,4H2,1H3,(H,11,14)(H,15,16). The van der Waals surface area contributed by atoms with Crippen LogP contribution in [0.4, 0.5) is 0 Å². The molecule has 0 fully saturated rings. The molecule has 2 heterocycles. The van der Waals surface area contributed by atoms with Crippen LogP contribution < -0.4 is 5.32 Å². The SMILES string of the molecule is Cc1nnsc1C(=O)NCc1ccc(C(=O)O)o1. The Bertz CT molecular complexity index is 589. The minimum absolute atomic E-state index is 0.115. The first kappa shape index (κ1) is 12.2. The fourth-order valence-electron chi connectivity index (χ4n) is 1.28. The molecule has 7 nitrogen and oxygen atoms in total. The number of aromatic nitrogens is 2. The first-order valence-electron chi connectivity index (χ1n) is 4.97. The summed E-state index contributed by atoms with van der Waals surface area (Å²) in [5.41, 5.74) is 0.558. The van der Waals surface area contributed by atoms with Gasteiger partial charge in [-0.25, -0.2) is 4.79 Å². The van der Waals surface area contributed by atoms with Crippen LogP contribution in [0.1, 0.15) is 31.7 Å². The molecule has 94 valence electrons. The molecule has 0 unspecified atom stereocenters. The molecule has 2 aromatic rings. The van der Waals surface area contributed by atoms with Crippen molar-refractivity contribution in [3.63, 3.8) is 0 Å². The summed E-state index contributed by atoms with van der Waals surface area (Å²) in [4.78, 5) is 22.7. The van der Waals surface area contributed by atoms with E-state index in [1.54, 1.807) is 6.92 Å². The maximum absolute atomic E-state index is 11.7. The molecule has 18 heavy (non-hydrogen) atoms. The number of aryl methyl sites for hydroxylation is 1. The van der Waals surface area contributed by atoms with Gasteiger partial charge >= 0.3 is 5.97 Å². The zero-order valence-electron chi connectivity index (χ0n) is 9.34. The molecule has 0 spiro atoms. The van der Waals surface area contributed by atoms with Crippen molar-refractivity contribution in [3.05, 3.63) is 34.2 Å². The summed E-state index contributed by atoms with van der Waals surface area (Å²) in [6, 6.07) is 2.84. The molecular weight excluding hydrogens is 258 g/mol. The van der Waals surface area contributed by atoms with Crippen molar-refractivity contribution < 1.29 is 19.1 Å². The molecule has 0 bridgehead atoms. The third-order valence-corrected chi connectivity index (χ3v) is 2.98. The Labute approximate surface area is 106 Å². The Hall–Kier alpha value is -2.22. The summed E-state index contributed by atoms with van der Waals surface area (Å²) in [7, 11) is 0. The van der Waals surface area contributed by atoms with Crippen molar-refractivity contribution in [2.24, 2.45) is 0 Å². The van der Waals surface area contributed by atoms with Gasteiger partial charge in [-0.2, -0.15) is 0 Å². The van der Waals surface area contributed by atoms with Gasteiger partial charge in [0.25, 0.3) is 5.91 Å². The molecule has 0 saturated heterocycles. The highest BCUT2D eigenvalue weighted by Crippen LogP contribution is 2.10. The molecule has 2 rings (SSSR count). The first-order chi connectivity index (χ1) is 8.58. The van der Waals surface area contributed by atoms with Gasteiger partial charge in [0.15, 0.2) is 0 Å². The Morgan fingerprint density at radius 3 is 2.83 bits per heavy atom. The highest BCUT2D eigenvalue weighted by molar-refractivity contribution is 7.07. The van der Waals surface area contributed by atoms with Gasteiger partial charge in [-0.3, -0.25) is 4.79 Å². The van der Waals surface area contributed by atoms with Crippen LogP contribution in [0.2, 0.25) is 0 Å². The van der Waals surface area contributed by atoms with E-state index in [0.29, 0.717) is 16.3 Å². The molecule has 0 radical (unpaired) electrons. The molecule has 0 atom stereocenters. The lowest BCUT2D eigenvalue weighted by Gasteiger charge is -2.00. The third-order valence-electron chi connectivity index (χ3n) is 2.15. The zero-order valence-corrected chi connectivity index (χ0v) is 10.2. The maximum atomic E-state index is 11.7. The minimum Gasteiger partial charge on any atom is -0.475 e. The fraction of sp³-hybridized carbons (Fsp3) is 0.200. The van der Waals surface area contributed by atoms with Crippen LogP contribution in [0.3, 0.4) is 0 Å². The van der Waals surface area contributed by atoms with Gasteiger partial charge in [0.05, 0.1) is 12.2 Å². The Morgan fingerprint density at radius 1 is 1.50 bits per heavy atom. The van der Waals surface area contributed by atoms with Crippen LogP contribution >= 0.6 is 11.5 Å². The van der Waals surface area contributed by atoms with E-state index in [-0.39, 0.29) is 18.2 Å². The number of carboxylic acids is 1. The Balaban J connectivity index is 1.97. The number of hydrogen-bond acceptors (Lipinski definition) is 6. The number of amides is 1. The van der Waals surface area contributed by atoms with Gasteiger partial charge in [-0.05, 0) is 30.6 Å². The summed E-state index contributed by atoms with van der Waals surface area (Å²) >= 11 is 1.01. The van der Waals surface area contributed by atoms with Crippen molar-refractivity contribution in [1.29, 1.82) is 0 Å². The van der Waals surface area contributed by atoms with Crippen LogP contribution in [-0.2, 0) is 6.54 Å². The number of carboxylic acid groups (broad SMARTS) is 1.